The van der Waals surface area contributed by atoms with Gasteiger partial charge in [-0.25, -0.2) is 9.97 Å². The SMILES string of the molecule is CCC(C)[C@H](N)C(=O)Nc1ncc(Br)nc1Br. The van der Waals surface area contributed by atoms with Crippen molar-refractivity contribution in [1.29, 1.82) is 0 Å². The second kappa shape index (κ2) is 6.42. The molecule has 0 aliphatic heterocycles. The average molecular weight is 366 g/mol. The molecule has 0 aromatic carbocycles. The lowest BCUT2D eigenvalue weighted by atomic mass is 9.99. The minimum Gasteiger partial charge on any atom is -0.320 e. The van der Waals surface area contributed by atoms with Gasteiger partial charge in [-0.2, -0.15) is 0 Å². The number of anilines is 1. The van der Waals surface area contributed by atoms with E-state index in [1.54, 1.807) is 0 Å². The molecule has 1 amide bonds. The Morgan fingerprint density at radius 3 is 2.76 bits per heavy atom. The number of hydrogen-bond acceptors (Lipinski definition) is 4. The third kappa shape index (κ3) is 4.01. The quantitative estimate of drug-likeness (QED) is 0.857. The first kappa shape index (κ1) is 14.5. The molecule has 0 spiro atoms. The van der Waals surface area contributed by atoms with Crippen molar-refractivity contribution in [1.82, 2.24) is 9.97 Å². The van der Waals surface area contributed by atoms with Crippen molar-refractivity contribution >= 4 is 43.6 Å². The predicted molar refractivity (Wildman–Crippen MR) is 73.5 cm³/mol. The van der Waals surface area contributed by atoms with E-state index in [1.807, 2.05) is 13.8 Å². The first-order chi connectivity index (χ1) is 7.95. The normalized spacial score (nSPS) is 14.2. The van der Waals surface area contributed by atoms with Crippen LogP contribution in [0, 0.1) is 5.92 Å². The van der Waals surface area contributed by atoms with E-state index in [1.165, 1.54) is 6.20 Å². The minimum atomic E-state index is -0.544. The van der Waals surface area contributed by atoms with Gasteiger partial charge in [0.05, 0.1) is 12.2 Å². The Kier molecular flexibility index (Phi) is 5.48. The third-order valence-electron chi connectivity index (χ3n) is 2.50. The first-order valence-corrected chi connectivity index (χ1v) is 6.78. The Morgan fingerprint density at radius 1 is 1.59 bits per heavy atom. The van der Waals surface area contributed by atoms with Gasteiger partial charge in [0, 0.05) is 0 Å². The summed E-state index contributed by atoms with van der Waals surface area (Å²) in [6.07, 6.45) is 2.36. The molecule has 94 valence electrons. The van der Waals surface area contributed by atoms with Crippen LogP contribution < -0.4 is 11.1 Å². The number of amides is 1. The number of carbonyl (C=O) groups excluding carboxylic acids is 1. The maximum atomic E-state index is 11.8. The molecule has 3 N–H and O–H groups in total. The molecule has 0 radical (unpaired) electrons. The molecule has 17 heavy (non-hydrogen) atoms. The molecule has 0 saturated carbocycles. The molecule has 1 rings (SSSR count). The number of nitrogens with one attached hydrogen (secondary N) is 1. The van der Waals surface area contributed by atoms with Gasteiger partial charge in [-0.05, 0) is 37.8 Å². The van der Waals surface area contributed by atoms with E-state index in [0.717, 1.165) is 6.42 Å². The summed E-state index contributed by atoms with van der Waals surface area (Å²) in [7, 11) is 0. The van der Waals surface area contributed by atoms with E-state index in [2.05, 4.69) is 47.1 Å². The highest BCUT2D eigenvalue weighted by Gasteiger charge is 2.20. The van der Waals surface area contributed by atoms with Crippen molar-refractivity contribution in [2.24, 2.45) is 11.7 Å². The Balaban J connectivity index is 2.74. The van der Waals surface area contributed by atoms with Crippen LogP contribution in [-0.2, 0) is 4.79 Å². The fraction of sp³-hybridized carbons (Fsp3) is 0.500. The summed E-state index contributed by atoms with van der Waals surface area (Å²) in [5, 5.41) is 2.65. The van der Waals surface area contributed by atoms with E-state index in [4.69, 9.17) is 5.73 Å². The number of nitrogens with zero attached hydrogens (tertiary/aromatic N) is 2. The summed E-state index contributed by atoms with van der Waals surface area (Å²) in [5.74, 6) is 0.241. The number of halogens is 2. The fourth-order valence-corrected chi connectivity index (χ4v) is 2.05. The Labute approximate surface area is 117 Å². The second-order valence-corrected chi connectivity index (χ2v) is 5.30. The fourth-order valence-electron chi connectivity index (χ4n) is 1.14. The van der Waals surface area contributed by atoms with Crippen molar-refractivity contribution in [3.05, 3.63) is 15.4 Å². The number of aromatic nitrogens is 2. The average Bonchev–Trinajstić information content (AvgIpc) is 2.30. The van der Waals surface area contributed by atoms with Crippen LogP contribution >= 0.6 is 31.9 Å². The van der Waals surface area contributed by atoms with Crippen LogP contribution in [0.2, 0.25) is 0 Å². The van der Waals surface area contributed by atoms with E-state index in [0.29, 0.717) is 15.0 Å². The van der Waals surface area contributed by atoms with Gasteiger partial charge in [-0.3, -0.25) is 4.79 Å². The maximum absolute atomic E-state index is 11.8. The lowest BCUT2D eigenvalue weighted by Gasteiger charge is -2.17. The third-order valence-corrected chi connectivity index (χ3v) is 3.44. The van der Waals surface area contributed by atoms with Crippen molar-refractivity contribution in [3.63, 3.8) is 0 Å². The lowest BCUT2D eigenvalue weighted by Crippen LogP contribution is -2.40. The molecule has 1 aromatic rings. The van der Waals surface area contributed by atoms with Crippen LogP contribution in [0.3, 0.4) is 0 Å². The highest BCUT2D eigenvalue weighted by molar-refractivity contribution is 9.11. The standard InChI is InChI=1S/C10H14Br2N4O/c1-3-5(2)7(13)10(17)16-9-8(12)15-6(11)4-14-9/h4-5,7H,3,13H2,1-2H3,(H,14,16,17)/t5?,7-/m0/s1. The number of rotatable bonds is 4. The summed E-state index contributed by atoms with van der Waals surface area (Å²) in [5.41, 5.74) is 5.81. The topological polar surface area (TPSA) is 80.9 Å². The van der Waals surface area contributed by atoms with Crippen molar-refractivity contribution in [3.8, 4) is 0 Å². The van der Waals surface area contributed by atoms with Crippen LogP contribution in [0.1, 0.15) is 20.3 Å². The second-order valence-electron chi connectivity index (χ2n) is 3.73. The molecule has 5 nitrogen and oxygen atoms in total. The summed E-state index contributed by atoms with van der Waals surface area (Å²) in [6, 6.07) is -0.544. The molecule has 0 fully saturated rings. The Hall–Kier alpha value is -0.530. The molecule has 1 aromatic heterocycles. The van der Waals surface area contributed by atoms with Crippen molar-refractivity contribution < 1.29 is 4.79 Å². The van der Waals surface area contributed by atoms with E-state index < -0.39 is 6.04 Å². The summed E-state index contributed by atoms with van der Waals surface area (Å²) in [4.78, 5) is 19.9. The van der Waals surface area contributed by atoms with Gasteiger partial charge in [0.15, 0.2) is 5.82 Å². The summed E-state index contributed by atoms with van der Waals surface area (Å²) < 4.78 is 1.06. The van der Waals surface area contributed by atoms with Gasteiger partial charge < -0.3 is 11.1 Å². The lowest BCUT2D eigenvalue weighted by molar-refractivity contribution is -0.118. The van der Waals surface area contributed by atoms with E-state index in [-0.39, 0.29) is 11.8 Å². The molecule has 1 heterocycles. The molecule has 0 aliphatic rings. The largest absolute Gasteiger partial charge is 0.320 e. The zero-order valence-electron chi connectivity index (χ0n) is 9.58. The maximum Gasteiger partial charge on any atom is 0.242 e. The van der Waals surface area contributed by atoms with Gasteiger partial charge >= 0.3 is 0 Å². The molecule has 0 saturated heterocycles. The monoisotopic (exact) mass is 364 g/mol. The van der Waals surface area contributed by atoms with E-state index in [9.17, 15) is 4.79 Å². The van der Waals surface area contributed by atoms with Crippen molar-refractivity contribution in [2.45, 2.75) is 26.3 Å². The first-order valence-electron chi connectivity index (χ1n) is 5.20. The van der Waals surface area contributed by atoms with Gasteiger partial charge in [-0.15, -0.1) is 0 Å². The molecule has 2 atom stereocenters. The molecule has 1 unspecified atom stereocenters. The minimum absolute atomic E-state index is 0.122. The number of hydrogen-bond donors (Lipinski definition) is 2. The molecule has 0 bridgehead atoms. The van der Waals surface area contributed by atoms with Gasteiger partial charge in [0.25, 0.3) is 0 Å². The van der Waals surface area contributed by atoms with Crippen LogP contribution in [0.15, 0.2) is 15.4 Å². The molecule has 7 heteroatoms. The van der Waals surface area contributed by atoms with Crippen LogP contribution in [0.25, 0.3) is 0 Å². The van der Waals surface area contributed by atoms with Gasteiger partial charge in [0.2, 0.25) is 5.91 Å². The van der Waals surface area contributed by atoms with Crippen molar-refractivity contribution in [2.75, 3.05) is 5.32 Å². The Morgan fingerprint density at radius 2 is 2.24 bits per heavy atom. The van der Waals surface area contributed by atoms with Crippen LogP contribution in [0.4, 0.5) is 5.82 Å². The smallest absolute Gasteiger partial charge is 0.242 e. The van der Waals surface area contributed by atoms with Crippen LogP contribution in [0.5, 0.6) is 0 Å². The van der Waals surface area contributed by atoms with E-state index >= 15 is 0 Å². The number of nitrogens with two attached hydrogens (primary N) is 1. The summed E-state index contributed by atoms with van der Waals surface area (Å²) in [6.45, 7) is 3.93. The zero-order chi connectivity index (χ0) is 13.0. The van der Waals surface area contributed by atoms with Crippen LogP contribution in [-0.4, -0.2) is 21.9 Å². The number of carbonyl (C=O) groups is 1. The molecular formula is C10H14Br2N4O. The molecule has 0 aliphatic carbocycles. The highest BCUT2D eigenvalue weighted by Crippen LogP contribution is 2.19. The Bertz CT molecular complexity index is 413. The molecular weight excluding hydrogens is 352 g/mol. The highest BCUT2D eigenvalue weighted by atomic mass is 79.9. The van der Waals surface area contributed by atoms with Gasteiger partial charge in [0.1, 0.15) is 9.21 Å². The summed E-state index contributed by atoms with van der Waals surface area (Å²) >= 11 is 6.40. The zero-order valence-corrected chi connectivity index (χ0v) is 12.7. The van der Waals surface area contributed by atoms with Gasteiger partial charge in [-0.1, -0.05) is 20.3 Å². The predicted octanol–water partition coefficient (Wildman–Crippen LogP) is 2.31.